The summed E-state index contributed by atoms with van der Waals surface area (Å²) in [4.78, 5) is 33.4. The number of carbonyl (C=O) groups is 1. The summed E-state index contributed by atoms with van der Waals surface area (Å²) in [6, 6.07) is 24.4. The van der Waals surface area contributed by atoms with Gasteiger partial charge in [-0.15, -0.1) is 0 Å². The fraction of sp³-hybridized carbons (Fsp3) is 0.0741. The number of nitro groups is 2. The molecule has 0 fully saturated rings. The zero-order valence-electron chi connectivity index (χ0n) is 20.7. The van der Waals surface area contributed by atoms with Crippen LogP contribution in [-0.4, -0.2) is 28.7 Å². The Kier molecular flexibility index (Phi) is 8.35. The molecule has 12 nitrogen and oxygen atoms in total. The van der Waals surface area contributed by atoms with Gasteiger partial charge in [-0.2, -0.15) is 4.31 Å². The number of hydrogen-bond donors (Lipinski definition) is 0. The Balaban J connectivity index is 1.55. The Morgan fingerprint density at radius 3 is 1.77 bits per heavy atom. The second-order valence-electron chi connectivity index (χ2n) is 8.30. The summed E-state index contributed by atoms with van der Waals surface area (Å²) >= 11 is 0. The molecule has 0 aliphatic heterocycles. The van der Waals surface area contributed by atoms with Gasteiger partial charge in [-0.05, 0) is 47.5 Å². The predicted molar refractivity (Wildman–Crippen MR) is 142 cm³/mol. The summed E-state index contributed by atoms with van der Waals surface area (Å²) in [6.07, 6.45) is -1.25. The van der Waals surface area contributed by atoms with Crippen LogP contribution in [0.1, 0.15) is 11.1 Å². The van der Waals surface area contributed by atoms with Crippen LogP contribution >= 0.6 is 0 Å². The molecule has 0 bridgehead atoms. The van der Waals surface area contributed by atoms with E-state index in [1.54, 1.807) is 12.1 Å². The van der Waals surface area contributed by atoms with E-state index < -0.39 is 32.5 Å². The van der Waals surface area contributed by atoms with Gasteiger partial charge >= 0.3 is 6.09 Å². The van der Waals surface area contributed by atoms with Crippen LogP contribution in [0.5, 0.6) is 11.5 Å². The average Bonchev–Trinajstić information content (AvgIpc) is 2.96. The summed E-state index contributed by atoms with van der Waals surface area (Å²) in [5, 5.41) is 21.9. The van der Waals surface area contributed by atoms with E-state index in [4.69, 9.17) is 9.47 Å². The number of non-ortho nitro benzene ring substituents is 2. The van der Waals surface area contributed by atoms with Crippen molar-refractivity contribution in [3.05, 3.63) is 134 Å². The number of amides is 1. The van der Waals surface area contributed by atoms with Crippen LogP contribution in [0.15, 0.2) is 108 Å². The molecule has 0 atom stereocenters. The van der Waals surface area contributed by atoms with Crippen LogP contribution in [0, 0.1) is 20.2 Å². The molecule has 13 heteroatoms. The van der Waals surface area contributed by atoms with Crippen molar-refractivity contribution in [2.45, 2.75) is 18.0 Å². The van der Waals surface area contributed by atoms with Gasteiger partial charge in [0.2, 0.25) is 0 Å². The fourth-order valence-corrected chi connectivity index (χ4v) is 4.79. The van der Waals surface area contributed by atoms with Gasteiger partial charge in [-0.25, -0.2) is 13.2 Å². The van der Waals surface area contributed by atoms with Crippen LogP contribution in [0.2, 0.25) is 0 Å². The lowest BCUT2D eigenvalue weighted by Gasteiger charge is -2.22. The minimum atomic E-state index is -4.56. The van der Waals surface area contributed by atoms with E-state index in [1.165, 1.54) is 36.4 Å². The lowest BCUT2D eigenvalue weighted by Crippen LogP contribution is -2.38. The van der Waals surface area contributed by atoms with Crippen LogP contribution in [-0.2, 0) is 23.2 Å². The van der Waals surface area contributed by atoms with E-state index in [0.717, 1.165) is 29.8 Å². The summed E-state index contributed by atoms with van der Waals surface area (Å²) < 4.78 is 38.3. The maximum absolute atomic E-state index is 13.4. The van der Waals surface area contributed by atoms with Crippen LogP contribution in [0.25, 0.3) is 0 Å². The van der Waals surface area contributed by atoms with E-state index in [9.17, 15) is 33.4 Å². The van der Waals surface area contributed by atoms with Crippen molar-refractivity contribution in [2.75, 3.05) is 0 Å². The Labute approximate surface area is 228 Å². The van der Waals surface area contributed by atoms with Crippen molar-refractivity contribution in [2.24, 2.45) is 0 Å². The SMILES string of the molecule is O=C(Oc1ccc(OCc2ccccc2)cc1)N(Cc1ccc([N+](=O)[O-])cc1)S(=O)(=O)c1ccc([N+](=O)[O-])cc1. The molecular weight excluding hydrogens is 542 g/mol. The number of benzene rings is 4. The van der Waals surface area contributed by atoms with Gasteiger partial charge in [0.15, 0.2) is 0 Å². The Bertz CT molecular complexity index is 1610. The number of nitrogens with zero attached hydrogens (tertiary/aromatic N) is 3. The van der Waals surface area contributed by atoms with Crippen LogP contribution < -0.4 is 9.47 Å². The maximum Gasteiger partial charge on any atom is 0.429 e. The third kappa shape index (κ3) is 6.76. The topological polar surface area (TPSA) is 159 Å². The highest BCUT2D eigenvalue weighted by Gasteiger charge is 2.32. The van der Waals surface area contributed by atoms with E-state index in [2.05, 4.69) is 0 Å². The van der Waals surface area contributed by atoms with E-state index in [0.29, 0.717) is 16.7 Å². The molecule has 4 aromatic rings. The first-order chi connectivity index (χ1) is 19.1. The molecule has 1 amide bonds. The van der Waals surface area contributed by atoms with E-state index in [1.807, 2.05) is 30.3 Å². The summed E-state index contributed by atoms with van der Waals surface area (Å²) in [7, 11) is -4.56. The standard InChI is InChI=1S/C27H21N3O9S/c31-27(39-25-14-12-24(13-15-25)38-19-21-4-2-1-3-5-21)28(18-20-6-8-22(9-7-20)29(32)33)40(36,37)26-16-10-23(11-17-26)30(34)35/h1-17H,18-19H2. The Morgan fingerprint density at radius 1 is 0.700 bits per heavy atom. The molecule has 0 aliphatic rings. The van der Waals surface area contributed by atoms with E-state index >= 15 is 0 Å². The molecule has 204 valence electrons. The normalized spacial score (nSPS) is 10.9. The number of rotatable bonds is 10. The Hall–Kier alpha value is -5.30. The van der Waals surface area contributed by atoms with Crippen molar-refractivity contribution >= 4 is 27.5 Å². The number of carbonyl (C=O) groups excluding carboxylic acids is 1. The zero-order chi connectivity index (χ0) is 28.7. The van der Waals surface area contributed by atoms with Crippen molar-refractivity contribution in [1.29, 1.82) is 0 Å². The first-order valence-corrected chi connectivity index (χ1v) is 13.1. The molecule has 0 aromatic heterocycles. The molecule has 0 unspecified atom stereocenters. The second kappa shape index (κ2) is 12.0. The fourth-order valence-electron chi connectivity index (χ4n) is 3.50. The molecule has 0 spiro atoms. The van der Waals surface area contributed by atoms with Gasteiger partial charge in [0.05, 0.1) is 21.3 Å². The minimum absolute atomic E-state index is 0.0321. The molecule has 40 heavy (non-hydrogen) atoms. The highest BCUT2D eigenvalue weighted by atomic mass is 32.2. The van der Waals surface area contributed by atoms with Crippen LogP contribution in [0.4, 0.5) is 16.2 Å². The van der Waals surface area contributed by atoms with Crippen molar-refractivity contribution in [1.82, 2.24) is 4.31 Å². The number of sulfonamides is 1. The Morgan fingerprint density at radius 2 is 1.23 bits per heavy atom. The van der Waals surface area contributed by atoms with Crippen molar-refractivity contribution in [3.8, 4) is 11.5 Å². The maximum atomic E-state index is 13.4. The lowest BCUT2D eigenvalue weighted by molar-refractivity contribution is -0.385. The molecule has 0 N–H and O–H groups in total. The quantitative estimate of drug-likeness (QED) is 0.180. The van der Waals surface area contributed by atoms with Gasteiger partial charge in [-0.1, -0.05) is 42.5 Å². The first kappa shape index (κ1) is 27.7. The number of hydrogen-bond acceptors (Lipinski definition) is 9. The summed E-state index contributed by atoms with van der Waals surface area (Å²) in [5.74, 6) is 0.523. The van der Waals surface area contributed by atoms with Crippen molar-refractivity contribution < 1.29 is 32.5 Å². The molecule has 0 heterocycles. The number of nitro benzene ring substituents is 2. The molecule has 0 saturated carbocycles. The zero-order valence-corrected chi connectivity index (χ0v) is 21.5. The third-order valence-corrected chi connectivity index (χ3v) is 7.32. The van der Waals surface area contributed by atoms with Crippen LogP contribution in [0.3, 0.4) is 0 Å². The van der Waals surface area contributed by atoms with Gasteiger partial charge < -0.3 is 9.47 Å². The lowest BCUT2D eigenvalue weighted by atomic mass is 10.2. The van der Waals surface area contributed by atoms with E-state index in [-0.39, 0.29) is 27.6 Å². The third-order valence-electron chi connectivity index (χ3n) is 5.59. The highest BCUT2D eigenvalue weighted by Crippen LogP contribution is 2.25. The second-order valence-corrected chi connectivity index (χ2v) is 10.2. The van der Waals surface area contributed by atoms with Gasteiger partial charge in [0, 0.05) is 24.3 Å². The first-order valence-electron chi connectivity index (χ1n) is 11.6. The summed E-state index contributed by atoms with van der Waals surface area (Å²) in [5.41, 5.74) is 0.665. The predicted octanol–water partition coefficient (Wildman–Crippen LogP) is 5.47. The summed E-state index contributed by atoms with van der Waals surface area (Å²) in [6.45, 7) is -0.203. The molecule has 0 aliphatic carbocycles. The average molecular weight is 564 g/mol. The molecule has 4 aromatic carbocycles. The molecule has 0 radical (unpaired) electrons. The van der Waals surface area contributed by atoms with Gasteiger partial charge in [0.1, 0.15) is 18.1 Å². The monoisotopic (exact) mass is 563 g/mol. The molecule has 0 saturated heterocycles. The number of ether oxygens (including phenoxy) is 2. The minimum Gasteiger partial charge on any atom is -0.489 e. The van der Waals surface area contributed by atoms with Gasteiger partial charge in [0.25, 0.3) is 21.4 Å². The van der Waals surface area contributed by atoms with Gasteiger partial charge in [-0.3, -0.25) is 20.2 Å². The molecule has 4 rings (SSSR count). The largest absolute Gasteiger partial charge is 0.489 e. The smallest absolute Gasteiger partial charge is 0.429 e. The highest BCUT2D eigenvalue weighted by molar-refractivity contribution is 7.89. The van der Waals surface area contributed by atoms with Crippen molar-refractivity contribution in [3.63, 3.8) is 0 Å². The molecular formula is C27H21N3O9S.